The number of hydrogen-bond donors (Lipinski definition) is 1. The van der Waals surface area contributed by atoms with Crippen molar-refractivity contribution in [2.24, 2.45) is 5.10 Å². The lowest BCUT2D eigenvalue weighted by Gasteiger charge is -2.12. The molecule has 4 aromatic carbocycles. The smallest absolute Gasteiger partial charge is 0.345 e. The van der Waals surface area contributed by atoms with Crippen molar-refractivity contribution in [3.63, 3.8) is 0 Å². The van der Waals surface area contributed by atoms with Crippen molar-refractivity contribution in [2.45, 2.75) is 13.5 Å². The fraction of sp³-hybridized carbons (Fsp3) is 0.100. The quantitative estimate of drug-likeness (QED) is 0.0880. The molecule has 0 aliphatic heterocycles. The molecule has 0 saturated heterocycles. The highest BCUT2D eigenvalue weighted by Gasteiger charge is 2.16. The predicted octanol–water partition coefficient (Wildman–Crippen LogP) is 7.61. The zero-order valence-corrected chi connectivity index (χ0v) is 23.5. The van der Waals surface area contributed by atoms with Crippen LogP contribution >= 0.6 is 34.8 Å². The standard InChI is InChI=1S/C30H23Cl3N2O5/c1-2-38-28-15-20(5-14-27(28)40-30(37)25-13-10-23(32)16-26(25)33)17-34-35-29(36)21-6-11-24(12-7-21)39-18-19-3-8-22(31)9-4-19/h3-17H,2,18H2,1H3,(H,35,36)/b34-17+. The van der Waals surface area contributed by atoms with Gasteiger partial charge in [0, 0.05) is 15.6 Å². The molecule has 0 saturated carbocycles. The van der Waals surface area contributed by atoms with Crippen LogP contribution in [0.1, 0.15) is 38.8 Å². The molecular formula is C30H23Cl3N2O5. The first-order valence-electron chi connectivity index (χ1n) is 12.1. The van der Waals surface area contributed by atoms with Gasteiger partial charge >= 0.3 is 5.97 Å². The summed E-state index contributed by atoms with van der Waals surface area (Å²) in [6.45, 7) is 2.52. The Morgan fingerprint density at radius 1 is 0.825 bits per heavy atom. The predicted molar refractivity (Wildman–Crippen MR) is 156 cm³/mol. The Morgan fingerprint density at radius 3 is 2.25 bits per heavy atom. The fourth-order valence-electron chi connectivity index (χ4n) is 3.45. The van der Waals surface area contributed by atoms with Crippen molar-refractivity contribution in [2.75, 3.05) is 6.61 Å². The molecule has 1 N–H and O–H groups in total. The first-order valence-corrected chi connectivity index (χ1v) is 13.2. The Labute approximate surface area is 246 Å². The normalized spacial score (nSPS) is 10.8. The van der Waals surface area contributed by atoms with Crippen molar-refractivity contribution in [3.8, 4) is 17.2 Å². The maximum absolute atomic E-state index is 12.6. The van der Waals surface area contributed by atoms with E-state index >= 15 is 0 Å². The van der Waals surface area contributed by atoms with Crippen LogP contribution in [-0.4, -0.2) is 24.7 Å². The molecule has 7 nitrogen and oxygen atoms in total. The highest BCUT2D eigenvalue weighted by Crippen LogP contribution is 2.30. The van der Waals surface area contributed by atoms with Crippen molar-refractivity contribution < 1.29 is 23.8 Å². The summed E-state index contributed by atoms with van der Waals surface area (Å²) in [4.78, 5) is 25.1. The third-order valence-electron chi connectivity index (χ3n) is 5.44. The Balaban J connectivity index is 1.35. The van der Waals surface area contributed by atoms with Crippen LogP contribution in [-0.2, 0) is 6.61 Å². The summed E-state index contributed by atoms with van der Waals surface area (Å²) in [5, 5.41) is 5.27. The molecule has 0 unspecified atom stereocenters. The lowest BCUT2D eigenvalue weighted by atomic mass is 10.2. The monoisotopic (exact) mass is 596 g/mol. The van der Waals surface area contributed by atoms with E-state index in [2.05, 4.69) is 10.5 Å². The van der Waals surface area contributed by atoms with E-state index in [1.807, 2.05) is 12.1 Å². The molecule has 1 amide bonds. The van der Waals surface area contributed by atoms with Crippen LogP contribution in [0.4, 0.5) is 0 Å². The second-order valence-electron chi connectivity index (χ2n) is 8.29. The molecule has 10 heteroatoms. The summed E-state index contributed by atoms with van der Waals surface area (Å²) in [6, 6.07) is 23.4. The molecule has 0 radical (unpaired) electrons. The number of halogens is 3. The largest absolute Gasteiger partial charge is 0.490 e. The van der Waals surface area contributed by atoms with Crippen LogP contribution in [0.2, 0.25) is 15.1 Å². The summed E-state index contributed by atoms with van der Waals surface area (Å²) in [7, 11) is 0. The van der Waals surface area contributed by atoms with Crippen LogP contribution in [0, 0.1) is 0 Å². The van der Waals surface area contributed by atoms with Gasteiger partial charge in [0.15, 0.2) is 11.5 Å². The van der Waals surface area contributed by atoms with Gasteiger partial charge < -0.3 is 14.2 Å². The third-order valence-corrected chi connectivity index (χ3v) is 6.24. The number of hydrazone groups is 1. The molecule has 0 aromatic heterocycles. The Morgan fingerprint density at radius 2 is 1.55 bits per heavy atom. The molecule has 0 bridgehead atoms. The molecule has 0 spiro atoms. The molecule has 40 heavy (non-hydrogen) atoms. The van der Waals surface area contributed by atoms with E-state index in [-0.39, 0.29) is 16.3 Å². The van der Waals surface area contributed by atoms with Crippen LogP contribution < -0.4 is 19.6 Å². The Kier molecular flexibility index (Phi) is 10.0. The van der Waals surface area contributed by atoms with E-state index in [1.165, 1.54) is 18.3 Å². The topological polar surface area (TPSA) is 86.2 Å². The number of carbonyl (C=O) groups excluding carboxylic acids is 2. The summed E-state index contributed by atoms with van der Waals surface area (Å²) >= 11 is 17.9. The van der Waals surface area contributed by atoms with Gasteiger partial charge in [0.2, 0.25) is 0 Å². The fourth-order valence-corrected chi connectivity index (χ4v) is 4.06. The number of esters is 1. The number of nitrogens with one attached hydrogen (secondary N) is 1. The van der Waals surface area contributed by atoms with Gasteiger partial charge in [-0.25, -0.2) is 10.2 Å². The van der Waals surface area contributed by atoms with Crippen LogP contribution in [0.5, 0.6) is 17.2 Å². The van der Waals surface area contributed by atoms with E-state index < -0.39 is 11.9 Å². The number of carbonyl (C=O) groups is 2. The summed E-state index contributed by atoms with van der Waals surface area (Å²) in [5.41, 5.74) is 4.65. The number of benzene rings is 4. The molecule has 0 aliphatic carbocycles. The number of rotatable bonds is 10. The first kappa shape index (κ1) is 29.0. The lowest BCUT2D eigenvalue weighted by Crippen LogP contribution is -2.17. The summed E-state index contributed by atoms with van der Waals surface area (Å²) in [5.74, 6) is 0.106. The average molecular weight is 598 g/mol. The Hall–Kier alpha value is -4.04. The van der Waals surface area contributed by atoms with Gasteiger partial charge in [0.05, 0.1) is 23.4 Å². The maximum Gasteiger partial charge on any atom is 0.345 e. The van der Waals surface area contributed by atoms with Gasteiger partial charge in [-0.1, -0.05) is 46.9 Å². The van der Waals surface area contributed by atoms with E-state index in [9.17, 15) is 9.59 Å². The van der Waals surface area contributed by atoms with Crippen molar-refractivity contribution in [3.05, 3.63) is 122 Å². The highest BCUT2D eigenvalue weighted by atomic mass is 35.5. The molecule has 0 heterocycles. The van der Waals surface area contributed by atoms with Crippen LogP contribution in [0.25, 0.3) is 0 Å². The van der Waals surface area contributed by atoms with Gasteiger partial charge in [-0.15, -0.1) is 0 Å². The molecule has 0 aliphatic rings. The molecular weight excluding hydrogens is 575 g/mol. The summed E-state index contributed by atoms with van der Waals surface area (Å²) < 4.78 is 16.9. The van der Waals surface area contributed by atoms with Crippen LogP contribution in [0.15, 0.2) is 90.0 Å². The van der Waals surface area contributed by atoms with Gasteiger partial charge in [-0.2, -0.15) is 5.10 Å². The third kappa shape index (κ3) is 7.99. The van der Waals surface area contributed by atoms with Gasteiger partial charge in [-0.05, 0) is 90.8 Å². The SMILES string of the molecule is CCOc1cc(/C=N/NC(=O)c2ccc(OCc3ccc(Cl)cc3)cc2)ccc1OC(=O)c1ccc(Cl)cc1Cl. The van der Waals surface area contributed by atoms with E-state index in [0.717, 1.165) is 5.56 Å². The van der Waals surface area contributed by atoms with Crippen molar-refractivity contribution in [1.29, 1.82) is 0 Å². The van der Waals surface area contributed by atoms with Crippen LogP contribution in [0.3, 0.4) is 0 Å². The van der Waals surface area contributed by atoms with Gasteiger partial charge in [0.1, 0.15) is 12.4 Å². The minimum atomic E-state index is -0.655. The second kappa shape index (κ2) is 13.8. The van der Waals surface area contributed by atoms with E-state index in [1.54, 1.807) is 67.6 Å². The lowest BCUT2D eigenvalue weighted by molar-refractivity contribution is 0.0728. The molecule has 0 atom stereocenters. The average Bonchev–Trinajstić information content (AvgIpc) is 2.94. The van der Waals surface area contributed by atoms with E-state index in [0.29, 0.717) is 45.9 Å². The van der Waals surface area contributed by atoms with E-state index in [4.69, 9.17) is 49.0 Å². The molecule has 4 aromatic rings. The number of hydrogen-bond acceptors (Lipinski definition) is 6. The van der Waals surface area contributed by atoms with Crippen molar-refractivity contribution in [1.82, 2.24) is 5.43 Å². The first-order chi connectivity index (χ1) is 19.3. The summed E-state index contributed by atoms with van der Waals surface area (Å²) in [6.07, 6.45) is 1.45. The minimum absolute atomic E-state index is 0.169. The zero-order valence-electron chi connectivity index (χ0n) is 21.2. The molecule has 0 fully saturated rings. The Bertz CT molecular complexity index is 1520. The number of nitrogens with zero attached hydrogens (tertiary/aromatic N) is 1. The molecule has 4 rings (SSSR count). The van der Waals surface area contributed by atoms with Gasteiger partial charge in [0.25, 0.3) is 5.91 Å². The zero-order chi connectivity index (χ0) is 28.5. The number of amides is 1. The second-order valence-corrected chi connectivity index (χ2v) is 9.57. The molecule has 204 valence electrons. The van der Waals surface area contributed by atoms with Gasteiger partial charge in [-0.3, -0.25) is 4.79 Å². The highest BCUT2D eigenvalue weighted by molar-refractivity contribution is 6.36. The minimum Gasteiger partial charge on any atom is -0.490 e. The maximum atomic E-state index is 12.6. The van der Waals surface area contributed by atoms with Crippen molar-refractivity contribution >= 4 is 52.9 Å². The number of ether oxygens (including phenoxy) is 3.